The van der Waals surface area contributed by atoms with E-state index in [2.05, 4.69) is 4.74 Å². The molecule has 7 heteroatoms. The Balaban J connectivity index is 2.05. The fourth-order valence-corrected chi connectivity index (χ4v) is 2.17. The first kappa shape index (κ1) is 19.1. The summed E-state index contributed by atoms with van der Waals surface area (Å²) in [6.07, 6.45) is 0. The zero-order valence-electron chi connectivity index (χ0n) is 14.8. The van der Waals surface area contributed by atoms with Gasteiger partial charge in [0.05, 0.1) is 26.9 Å². The van der Waals surface area contributed by atoms with E-state index >= 15 is 0 Å². The summed E-state index contributed by atoms with van der Waals surface area (Å²) in [6, 6.07) is 12.2. The molecule has 0 spiro atoms. The van der Waals surface area contributed by atoms with Gasteiger partial charge in [-0.05, 0) is 17.7 Å². The van der Waals surface area contributed by atoms with Gasteiger partial charge in [-0.2, -0.15) is 0 Å². The maximum atomic E-state index is 11.9. The van der Waals surface area contributed by atoms with E-state index < -0.39 is 11.9 Å². The molecule has 0 amide bonds. The molecule has 2 rings (SSSR count). The van der Waals surface area contributed by atoms with Crippen LogP contribution in [0.15, 0.2) is 42.5 Å². The van der Waals surface area contributed by atoms with E-state index in [0.717, 1.165) is 5.56 Å². The third-order valence-corrected chi connectivity index (χ3v) is 3.46. The van der Waals surface area contributed by atoms with Gasteiger partial charge in [-0.3, -0.25) is 0 Å². The highest BCUT2D eigenvalue weighted by molar-refractivity contribution is 5.91. The van der Waals surface area contributed by atoms with Crippen LogP contribution in [0.5, 0.6) is 17.2 Å². The van der Waals surface area contributed by atoms with Crippen LogP contribution in [-0.2, 0) is 20.9 Å². The predicted molar refractivity (Wildman–Crippen MR) is 92.6 cm³/mol. The molecule has 0 saturated carbocycles. The van der Waals surface area contributed by atoms with Crippen LogP contribution in [0.1, 0.15) is 15.9 Å². The number of hydrogen-bond donors (Lipinski definition) is 0. The first-order valence-corrected chi connectivity index (χ1v) is 7.75. The van der Waals surface area contributed by atoms with Gasteiger partial charge in [0.25, 0.3) is 0 Å². The van der Waals surface area contributed by atoms with Crippen molar-refractivity contribution in [3.8, 4) is 17.2 Å². The van der Waals surface area contributed by atoms with Crippen molar-refractivity contribution < 1.29 is 33.3 Å². The van der Waals surface area contributed by atoms with Gasteiger partial charge in [-0.15, -0.1) is 0 Å². The molecule has 2 aromatic rings. The molecule has 0 radical (unpaired) electrons. The summed E-state index contributed by atoms with van der Waals surface area (Å²) >= 11 is 0. The highest BCUT2D eigenvalue weighted by atomic mass is 16.6. The van der Waals surface area contributed by atoms with Crippen LogP contribution in [0, 0.1) is 0 Å². The molecule has 0 aliphatic carbocycles. The lowest BCUT2D eigenvalue weighted by Gasteiger charge is -2.15. The molecule has 0 aromatic heterocycles. The van der Waals surface area contributed by atoms with Gasteiger partial charge in [0.15, 0.2) is 18.1 Å². The minimum absolute atomic E-state index is 0.151. The summed E-state index contributed by atoms with van der Waals surface area (Å²) in [7, 11) is 4.10. The molecule has 0 fully saturated rings. The summed E-state index contributed by atoms with van der Waals surface area (Å²) in [5.74, 6) is -0.425. The lowest BCUT2D eigenvalue weighted by Crippen LogP contribution is -2.15. The highest BCUT2D eigenvalue weighted by Crippen LogP contribution is 2.38. The van der Waals surface area contributed by atoms with E-state index in [4.69, 9.17) is 18.9 Å². The Morgan fingerprint density at radius 1 is 0.923 bits per heavy atom. The third-order valence-electron chi connectivity index (χ3n) is 3.46. The quantitative estimate of drug-likeness (QED) is 0.669. The topological polar surface area (TPSA) is 80.3 Å². The minimum Gasteiger partial charge on any atom is -0.493 e. The Morgan fingerprint density at radius 2 is 1.54 bits per heavy atom. The lowest BCUT2D eigenvalue weighted by atomic mass is 10.2. The number of carbonyl (C=O) groups is 2. The maximum absolute atomic E-state index is 11.9. The van der Waals surface area contributed by atoms with Crippen molar-refractivity contribution >= 4 is 11.9 Å². The molecule has 7 nitrogen and oxygen atoms in total. The molecular formula is C19H20O7. The maximum Gasteiger partial charge on any atom is 0.344 e. The van der Waals surface area contributed by atoms with Crippen molar-refractivity contribution in [2.75, 3.05) is 27.9 Å². The molecule has 0 atom stereocenters. The molecule has 138 valence electrons. The number of rotatable bonds is 8. The van der Waals surface area contributed by atoms with Crippen LogP contribution in [0.3, 0.4) is 0 Å². The number of methoxy groups -OCH3 is 3. The summed E-state index contributed by atoms with van der Waals surface area (Å²) in [6.45, 7) is -0.185. The first-order chi connectivity index (χ1) is 12.6. The predicted octanol–water partition coefficient (Wildman–Crippen LogP) is 2.61. The summed E-state index contributed by atoms with van der Waals surface area (Å²) in [5.41, 5.74) is 1.11. The Morgan fingerprint density at radius 3 is 2.08 bits per heavy atom. The van der Waals surface area contributed by atoms with Crippen LogP contribution in [0.25, 0.3) is 0 Å². The summed E-state index contributed by atoms with van der Waals surface area (Å²) in [4.78, 5) is 23.6. The molecule has 2 aromatic carbocycles. The molecule has 0 aliphatic heterocycles. The van der Waals surface area contributed by atoms with E-state index in [1.165, 1.54) is 33.5 Å². The normalized spacial score (nSPS) is 9.96. The van der Waals surface area contributed by atoms with Crippen molar-refractivity contribution in [2.45, 2.75) is 6.61 Å². The lowest BCUT2D eigenvalue weighted by molar-refractivity contribution is -0.147. The molecule has 0 unspecified atom stereocenters. The van der Waals surface area contributed by atoms with Gasteiger partial charge in [-0.1, -0.05) is 30.3 Å². The smallest absolute Gasteiger partial charge is 0.344 e. The van der Waals surface area contributed by atoms with Gasteiger partial charge >= 0.3 is 11.9 Å². The Bertz CT molecular complexity index is 731. The van der Waals surface area contributed by atoms with Gasteiger partial charge in [0.1, 0.15) is 6.61 Å². The van der Waals surface area contributed by atoms with Gasteiger partial charge < -0.3 is 23.7 Å². The average molecular weight is 360 g/mol. The fourth-order valence-electron chi connectivity index (χ4n) is 2.17. The zero-order valence-corrected chi connectivity index (χ0v) is 14.8. The molecule has 0 saturated heterocycles. The largest absolute Gasteiger partial charge is 0.493 e. The molecule has 0 heterocycles. The summed E-state index contributed by atoms with van der Waals surface area (Å²) < 4.78 is 25.8. The Labute approximate surface area is 151 Å². The molecule has 26 heavy (non-hydrogen) atoms. The van der Waals surface area contributed by atoms with Crippen molar-refractivity contribution in [3.05, 3.63) is 53.6 Å². The van der Waals surface area contributed by atoms with Gasteiger partial charge in [-0.25, -0.2) is 9.59 Å². The highest BCUT2D eigenvalue weighted by Gasteiger charge is 2.19. The second kappa shape index (κ2) is 9.31. The van der Waals surface area contributed by atoms with E-state index in [9.17, 15) is 9.59 Å². The van der Waals surface area contributed by atoms with Crippen LogP contribution in [-0.4, -0.2) is 39.9 Å². The van der Waals surface area contributed by atoms with Crippen LogP contribution in [0.4, 0.5) is 0 Å². The summed E-state index contributed by atoms with van der Waals surface area (Å²) in [5, 5.41) is 0. The van der Waals surface area contributed by atoms with E-state index in [1.54, 1.807) is 0 Å². The SMILES string of the molecule is COC(=O)c1cc(OC)c(OCC(=O)OCc2ccccc2)c(OC)c1. The minimum atomic E-state index is -0.546. The molecular weight excluding hydrogens is 340 g/mol. The van der Waals surface area contributed by atoms with Gasteiger partial charge in [0.2, 0.25) is 5.75 Å². The van der Waals surface area contributed by atoms with Crippen LogP contribution >= 0.6 is 0 Å². The van der Waals surface area contributed by atoms with Crippen molar-refractivity contribution in [1.82, 2.24) is 0 Å². The fraction of sp³-hybridized carbons (Fsp3) is 0.263. The standard InChI is InChI=1S/C19H20O7/c1-22-15-9-14(19(21)24-3)10-16(23-2)18(15)26-12-17(20)25-11-13-7-5-4-6-8-13/h4-10H,11-12H2,1-3H3. The Kier molecular flexibility index (Phi) is 6.84. The second-order valence-electron chi connectivity index (χ2n) is 5.14. The van der Waals surface area contributed by atoms with Crippen molar-refractivity contribution in [3.63, 3.8) is 0 Å². The number of benzene rings is 2. The average Bonchev–Trinajstić information content (AvgIpc) is 2.70. The monoisotopic (exact) mass is 360 g/mol. The van der Waals surface area contributed by atoms with E-state index in [-0.39, 0.29) is 36.0 Å². The Hall–Kier alpha value is -3.22. The third kappa shape index (κ3) is 4.89. The van der Waals surface area contributed by atoms with E-state index in [0.29, 0.717) is 0 Å². The van der Waals surface area contributed by atoms with E-state index in [1.807, 2.05) is 30.3 Å². The van der Waals surface area contributed by atoms with Crippen molar-refractivity contribution in [1.29, 1.82) is 0 Å². The van der Waals surface area contributed by atoms with Crippen LogP contribution < -0.4 is 14.2 Å². The molecule has 0 aliphatic rings. The molecule has 0 bridgehead atoms. The molecule has 0 N–H and O–H groups in total. The number of esters is 2. The number of ether oxygens (including phenoxy) is 5. The second-order valence-corrected chi connectivity index (χ2v) is 5.14. The zero-order chi connectivity index (χ0) is 18.9. The first-order valence-electron chi connectivity index (χ1n) is 7.75. The van der Waals surface area contributed by atoms with Gasteiger partial charge in [0, 0.05) is 0 Å². The number of carbonyl (C=O) groups excluding carboxylic acids is 2. The van der Waals surface area contributed by atoms with Crippen LogP contribution in [0.2, 0.25) is 0 Å². The van der Waals surface area contributed by atoms with Crippen molar-refractivity contribution in [2.24, 2.45) is 0 Å². The number of hydrogen-bond acceptors (Lipinski definition) is 7.